The highest BCUT2D eigenvalue weighted by atomic mass is 19.1. The van der Waals surface area contributed by atoms with Crippen LogP contribution in [0, 0.1) is 12.7 Å². The minimum absolute atomic E-state index is 0.281. The van der Waals surface area contributed by atoms with Crippen LogP contribution in [0.2, 0.25) is 0 Å². The molecule has 3 aromatic heterocycles. The van der Waals surface area contributed by atoms with E-state index in [1.807, 2.05) is 41.8 Å². The highest BCUT2D eigenvalue weighted by Gasteiger charge is 2.15. The van der Waals surface area contributed by atoms with Gasteiger partial charge in [0.25, 0.3) is 0 Å². The van der Waals surface area contributed by atoms with E-state index in [2.05, 4.69) is 35.9 Å². The van der Waals surface area contributed by atoms with E-state index in [1.54, 1.807) is 20.3 Å². The van der Waals surface area contributed by atoms with Crippen LogP contribution in [-0.2, 0) is 6.54 Å². The van der Waals surface area contributed by atoms with Crippen LogP contribution in [0.25, 0.3) is 33.5 Å². The zero-order valence-electron chi connectivity index (χ0n) is 19.4. The molecule has 0 aliphatic heterocycles. The molecule has 10 nitrogen and oxygen atoms in total. The molecule has 0 fully saturated rings. The molecule has 0 saturated carbocycles. The summed E-state index contributed by atoms with van der Waals surface area (Å²) in [6.45, 7) is 3.04. The molecule has 2 N–H and O–H groups in total. The molecule has 3 heterocycles. The smallest absolute Gasteiger partial charge is 0.183 e. The first-order valence-electron chi connectivity index (χ1n) is 10.9. The number of H-pyrrole nitrogens is 1. The van der Waals surface area contributed by atoms with Gasteiger partial charge in [-0.25, -0.2) is 19.5 Å². The minimum Gasteiger partial charge on any atom is -0.496 e. The standard InChI is InChI=1S/C24H23FN8O2/c1-14-10-17-20(34-2)7-6-18(25)23(17)33(14)9-8-26-22-12-19(27-13-28-22)15-4-5-16(21(11-15)35-3)24-29-31-32-30-24/h4-7,10-13H,8-9H2,1-3H3,(H,26,27,28)(H,29,30,31,32). The fraction of sp³-hybridized carbons (Fsp3) is 0.208. The Balaban J connectivity index is 1.34. The predicted molar refractivity (Wildman–Crippen MR) is 129 cm³/mol. The van der Waals surface area contributed by atoms with Gasteiger partial charge in [-0.1, -0.05) is 6.07 Å². The SMILES string of the molecule is COc1cc(-c2cc(NCCn3c(C)cc4c(OC)ccc(F)c43)ncn2)ccc1-c1nnn[nH]1. The van der Waals surface area contributed by atoms with Gasteiger partial charge in [0.2, 0.25) is 0 Å². The Hall–Kier alpha value is -4.54. The predicted octanol–water partition coefficient (Wildman–Crippen LogP) is 3.86. The van der Waals surface area contributed by atoms with Gasteiger partial charge in [0.15, 0.2) is 5.82 Å². The van der Waals surface area contributed by atoms with Crippen molar-refractivity contribution in [1.29, 1.82) is 0 Å². The number of benzene rings is 2. The molecular weight excluding hydrogens is 451 g/mol. The fourth-order valence-electron chi connectivity index (χ4n) is 4.13. The number of nitrogens with one attached hydrogen (secondary N) is 2. The third-order valence-electron chi connectivity index (χ3n) is 5.80. The van der Waals surface area contributed by atoms with E-state index >= 15 is 0 Å². The highest BCUT2D eigenvalue weighted by Crippen LogP contribution is 2.32. The van der Waals surface area contributed by atoms with Crippen molar-refractivity contribution < 1.29 is 13.9 Å². The highest BCUT2D eigenvalue weighted by molar-refractivity contribution is 5.88. The van der Waals surface area contributed by atoms with E-state index in [0.29, 0.717) is 41.7 Å². The van der Waals surface area contributed by atoms with E-state index in [-0.39, 0.29) is 5.82 Å². The molecule has 5 rings (SSSR count). The van der Waals surface area contributed by atoms with Crippen LogP contribution in [0.15, 0.2) is 48.8 Å². The molecule has 0 radical (unpaired) electrons. The number of aryl methyl sites for hydroxylation is 1. The number of tetrazole rings is 1. The number of ether oxygens (including phenoxy) is 2. The van der Waals surface area contributed by atoms with E-state index in [0.717, 1.165) is 27.9 Å². The van der Waals surface area contributed by atoms with Crippen LogP contribution >= 0.6 is 0 Å². The van der Waals surface area contributed by atoms with Crippen LogP contribution in [0.1, 0.15) is 5.69 Å². The van der Waals surface area contributed by atoms with Crippen LogP contribution < -0.4 is 14.8 Å². The number of rotatable bonds is 8. The summed E-state index contributed by atoms with van der Waals surface area (Å²) in [4.78, 5) is 8.72. The number of aromatic nitrogens is 7. The monoisotopic (exact) mass is 474 g/mol. The second-order valence-corrected chi connectivity index (χ2v) is 7.83. The molecule has 35 heavy (non-hydrogen) atoms. The first-order chi connectivity index (χ1) is 17.1. The quantitative estimate of drug-likeness (QED) is 0.348. The zero-order chi connectivity index (χ0) is 24.4. The second-order valence-electron chi connectivity index (χ2n) is 7.83. The average Bonchev–Trinajstić information content (AvgIpc) is 3.53. The van der Waals surface area contributed by atoms with Gasteiger partial charge >= 0.3 is 0 Å². The topological polar surface area (TPSA) is 116 Å². The molecule has 5 aromatic rings. The molecular formula is C24H23FN8O2. The summed E-state index contributed by atoms with van der Waals surface area (Å²) in [6.07, 6.45) is 1.50. The van der Waals surface area contributed by atoms with Gasteiger partial charge in [-0.05, 0) is 47.7 Å². The normalized spacial score (nSPS) is 11.1. The van der Waals surface area contributed by atoms with Crippen LogP contribution in [0.3, 0.4) is 0 Å². The molecule has 0 atom stereocenters. The zero-order valence-corrected chi connectivity index (χ0v) is 19.4. The number of fused-ring (bicyclic) bond motifs is 1. The fourth-order valence-corrected chi connectivity index (χ4v) is 4.13. The van der Waals surface area contributed by atoms with Gasteiger partial charge in [0.1, 0.15) is 29.5 Å². The molecule has 2 aromatic carbocycles. The first-order valence-corrected chi connectivity index (χ1v) is 10.9. The lowest BCUT2D eigenvalue weighted by Crippen LogP contribution is -2.13. The van der Waals surface area contributed by atoms with Crippen molar-refractivity contribution in [3.05, 3.63) is 60.3 Å². The molecule has 0 unspecified atom stereocenters. The van der Waals surface area contributed by atoms with Crippen molar-refractivity contribution in [3.63, 3.8) is 0 Å². The summed E-state index contributed by atoms with van der Waals surface area (Å²) < 4.78 is 27.5. The third-order valence-corrected chi connectivity index (χ3v) is 5.80. The Morgan fingerprint density at radius 3 is 2.66 bits per heavy atom. The van der Waals surface area contributed by atoms with Gasteiger partial charge in [0.05, 0.1) is 31.0 Å². The van der Waals surface area contributed by atoms with Gasteiger partial charge in [-0.2, -0.15) is 0 Å². The Morgan fingerprint density at radius 1 is 1.03 bits per heavy atom. The maximum Gasteiger partial charge on any atom is 0.183 e. The number of halogens is 1. The van der Waals surface area contributed by atoms with Crippen molar-refractivity contribution in [2.75, 3.05) is 26.1 Å². The number of hydrogen-bond acceptors (Lipinski definition) is 8. The first kappa shape index (κ1) is 22.3. The molecule has 0 aliphatic carbocycles. The van der Waals surface area contributed by atoms with Gasteiger partial charge in [-0.15, -0.1) is 5.10 Å². The lowest BCUT2D eigenvalue weighted by atomic mass is 10.1. The Morgan fingerprint density at radius 2 is 1.89 bits per heavy atom. The summed E-state index contributed by atoms with van der Waals surface area (Å²) in [7, 11) is 3.17. The van der Waals surface area contributed by atoms with Crippen LogP contribution in [0.5, 0.6) is 11.5 Å². The number of aromatic amines is 1. The van der Waals surface area contributed by atoms with Gasteiger partial charge < -0.3 is 19.4 Å². The average molecular weight is 475 g/mol. The minimum atomic E-state index is -0.281. The molecule has 0 amide bonds. The number of anilines is 1. The van der Waals surface area contributed by atoms with Crippen molar-refractivity contribution in [1.82, 2.24) is 35.2 Å². The van der Waals surface area contributed by atoms with E-state index in [4.69, 9.17) is 9.47 Å². The van der Waals surface area contributed by atoms with E-state index < -0.39 is 0 Å². The van der Waals surface area contributed by atoms with Crippen molar-refractivity contribution in [2.45, 2.75) is 13.5 Å². The van der Waals surface area contributed by atoms with E-state index in [9.17, 15) is 4.39 Å². The maximum atomic E-state index is 14.6. The van der Waals surface area contributed by atoms with Crippen LogP contribution in [0.4, 0.5) is 10.2 Å². The molecule has 0 saturated heterocycles. The summed E-state index contributed by atoms with van der Waals surface area (Å²) >= 11 is 0. The lowest BCUT2D eigenvalue weighted by Gasteiger charge is -2.12. The number of hydrogen-bond donors (Lipinski definition) is 2. The maximum absolute atomic E-state index is 14.6. The Kier molecular flexibility index (Phi) is 5.96. The summed E-state index contributed by atoms with van der Waals surface area (Å²) in [6, 6.07) is 12.5. The molecule has 11 heteroatoms. The Bertz CT molecular complexity index is 1480. The molecule has 178 valence electrons. The van der Waals surface area contributed by atoms with Crippen molar-refractivity contribution in [2.24, 2.45) is 0 Å². The lowest BCUT2D eigenvalue weighted by molar-refractivity contribution is 0.416. The number of methoxy groups -OCH3 is 2. The molecule has 0 bridgehead atoms. The van der Waals surface area contributed by atoms with E-state index in [1.165, 1.54) is 12.4 Å². The second kappa shape index (κ2) is 9.37. The molecule has 0 aliphatic rings. The largest absolute Gasteiger partial charge is 0.496 e. The Labute approximate surface area is 200 Å². The third kappa shape index (κ3) is 4.23. The number of nitrogens with zero attached hydrogens (tertiary/aromatic N) is 6. The summed E-state index contributed by atoms with van der Waals surface area (Å²) in [5, 5.41) is 18.0. The van der Waals surface area contributed by atoms with Gasteiger partial charge in [-0.3, -0.25) is 0 Å². The van der Waals surface area contributed by atoms with Crippen molar-refractivity contribution in [3.8, 4) is 34.1 Å². The van der Waals surface area contributed by atoms with Crippen molar-refractivity contribution >= 4 is 16.7 Å². The molecule has 0 spiro atoms. The summed E-state index contributed by atoms with van der Waals surface area (Å²) in [5.74, 6) is 2.15. The summed E-state index contributed by atoms with van der Waals surface area (Å²) in [5.41, 5.74) is 3.79. The van der Waals surface area contributed by atoms with Gasteiger partial charge in [0, 0.05) is 35.8 Å². The van der Waals surface area contributed by atoms with Crippen LogP contribution in [-0.4, -0.2) is 55.9 Å².